The largest absolute Gasteiger partial charge is 0.497 e. The Morgan fingerprint density at radius 2 is 1.69 bits per heavy atom. The highest BCUT2D eigenvalue weighted by Crippen LogP contribution is 2.32. The van der Waals surface area contributed by atoms with Gasteiger partial charge in [-0.3, -0.25) is 14.5 Å². The number of carbonyl (C=O) groups excluding carboxylic acids is 2. The van der Waals surface area contributed by atoms with Crippen LogP contribution in [0, 0.1) is 5.82 Å². The molecular weight excluding hydrogens is 497 g/mol. The van der Waals surface area contributed by atoms with Gasteiger partial charge in [-0.15, -0.1) is 5.10 Å². The Morgan fingerprint density at radius 3 is 2.49 bits per heavy atom. The molecule has 9 heteroatoms. The zero-order valence-corrected chi connectivity index (χ0v) is 21.2. The molecule has 0 aliphatic heterocycles. The van der Waals surface area contributed by atoms with Gasteiger partial charge in [0.05, 0.1) is 12.6 Å². The van der Waals surface area contributed by atoms with Crippen LogP contribution in [-0.4, -0.2) is 33.9 Å². The number of rotatable bonds is 9. The third kappa shape index (κ3) is 5.62. The molecule has 1 heterocycles. The Bertz CT molecular complexity index is 1600. The summed E-state index contributed by atoms with van der Waals surface area (Å²) in [5.74, 6) is -1.15. The number of fused-ring (bicyclic) bond motifs is 1. The first-order chi connectivity index (χ1) is 19.0. The lowest BCUT2D eigenvalue weighted by atomic mass is 10.0. The zero-order chi connectivity index (χ0) is 27.2. The second-order valence-electron chi connectivity index (χ2n) is 8.83. The number of methoxy groups -OCH3 is 1. The Hall–Kier alpha value is -5.05. The summed E-state index contributed by atoms with van der Waals surface area (Å²) in [4.78, 5) is 29.2. The minimum Gasteiger partial charge on any atom is -0.497 e. The van der Waals surface area contributed by atoms with E-state index in [1.165, 1.54) is 34.9 Å². The van der Waals surface area contributed by atoms with Crippen LogP contribution in [0.25, 0.3) is 11.0 Å². The summed E-state index contributed by atoms with van der Waals surface area (Å²) in [7, 11) is 1.51. The lowest BCUT2D eigenvalue weighted by molar-refractivity contribution is -0.127. The summed E-state index contributed by atoms with van der Waals surface area (Å²) in [5.41, 5.74) is 2.58. The number of carbonyl (C=O) groups is 2. The quantitative estimate of drug-likeness (QED) is 0.303. The number of nitrogens with zero attached hydrogens (tertiary/aromatic N) is 4. The molecule has 0 aliphatic carbocycles. The number of hydrogen-bond acceptors (Lipinski definition) is 5. The van der Waals surface area contributed by atoms with Gasteiger partial charge in [0.1, 0.15) is 29.7 Å². The molecule has 0 radical (unpaired) electrons. The van der Waals surface area contributed by atoms with Crippen molar-refractivity contribution in [2.45, 2.75) is 19.1 Å². The van der Waals surface area contributed by atoms with Gasteiger partial charge in [0, 0.05) is 23.9 Å². The molecule has 0 saturated carbocycles. The molecule has 5 rings (SSSR count). The van der Waals surface area contributed by atoms with Gasteiger partial charge in [-0.25, -0.2) is 9.07 Å². The average Bonchev–Trinajstić information content (AvgIpc) is 3.38. The van der Waals surface area contributed by atoms with Crippen molar-refractivity contribution >= 4 is 28.5 Å². The molecule has 196 valence electrons. The van der Waals surface area contributed by atoms with Crippen LogP contribution in [-0.2, 0) is 22.7 Å². The van der Waals surface area contributed by atoms with Crippen LogP contribution < -0.4 is 15.0 Å². The van der Waals surface area contributed by atoms with Crippen molar-refractivity contribution in [1.82, 2.24) is 20.3 Å². The summed E-state index contributed by atoms with van der Waals surface area (Å²) in [6.45, 7) is -0.0207. The van der Waals surface area contributed by atoms with Crippen molar-refractivity contribution in [1.29, 1.82) is 0 Å². The van der Waals surface area contributed by atoms with Crippen molar-refractivity contribution < 1.29 is 18.7 Å². The van der Waals surface area contributed by atoms with Crippen molar-refractivity contribution in [3.05, 3.63) is 120 Å². The number of benzene rings is 4. The smallest absolute Gasteiger partial charge is 0.249 e. The van der Waals surface area contributed by atoms with Crippen LogP contribution in [0.2, 0.25) is 0 Å². The van der Waals surface area contributed by atoms with Crippen molar-refractivity contribution in [3.8, 4) is 5.75 Å². The van der Waals surface area contributed by atoms with E-state index in [2.05, 4.69) is 15.6 Å². The Labute approximate surface area is 224 Å². The van der Waals surface area contributed by atoms with Crippen LogP contribution in [0.4, 0.5) is 10.1 Å². The Morgan fingerprint density at radius 1 is 0.949 bits per heavy atom. The summed E-state index contributed by atoms with van der Waals surface area (Å²) in [5, 5.41) is 11.1. The van der Waals surface area contributed by atoms with Crippen molar-refractivity contribution in [2.75, 3.05) is 12.0 Å². The molecule has 0 unspecified atom stereocenters. The van der Waals surface area contributed by atoms with Crippen LogP contribution >= 0.6 is 0 Å². The van der Waals surface area contributed by atoms with E-state index in [9.17, 15) is 9.59 Å². The third-order valence-electron chi connectivity index (χ3n) is 6.32. The summed E-state index contributed by atoms with van der Waals surface area (Å²) in [6.07, 6.45) is 0. The molecule has 1 aromatic heterocycles. The predicted octanol–water partition coefficient (Wildman–Crippen LogP) is 4.67. The van der Waals surface area contributed by atoms with Crippen LogP contribution in [0.5, 0.6) is 5.75 Å². The van der Waals surface area contributed by atoms with E-state index in [1.54, 1.807) is 42.5 Å². The highest BCUT2D eigenvalue weighted by molar-refractivity contribution is 6.01. The summed E-state index contributed by atoms with van der Waals surface area (Å²) < 4.78 is 22.1. The summed E-state index contributed by atoms with van der Waals surface area (Å²) in [6, 6.07) is 28.0. The van der Waals surface area contributed by atoms with E-state index < -0.39 is 23.7 Å². The molecule has 1 N–H and O–H groups in total. The van der Waals surface area contributed by atoms with Gasteiger partial charge in [-0.1, -0.05) is 71.9 Å². The molecule has 0 spiro atoms. The highest BCUT2D eigenvalue weighted by atomic mass is 19.1. The molecular formula is C30H26FN5O3. The predicted molar refractivity (Wildman–Crippen MR) is 145 cm³/mol. The molecule has 8 nitrogen and oxygen atoms in total. The van der Waals surface area contributed by atoms with E-state index in [1.807, 2.05) is 42.5 Å². The molecule has 1 atom stereocenters. The minimum absolute atomic E-state index is 0.0580. The molecule has 5 aromatic rings. The number of hydrogen-bond donors (Lipinski definition) is 1. The van der Waals surface area contributed by atoms with Crippen LogP contribution in [0.1, 0.15) is 17.2 Å². The number of halogens is 1. The minimum atomic E-state index is -1.32. The standard InChI is InChI=1S/C30H26FN5O3/c1-39-23-13-9-12-22(18-23)36(28(37)20-35-27-17-8-7-16-26(27)33-34-35)29(24-14-5-6-15-25(24)31)30(38)32-19-21-10-3-2-4-11-21/h2-18,29H,19-20H2,1H3,(H,32,38)/t29-/m1/s1. The third-order valence-corrected chi connectivity index (χ3v) is 6.32. The molecule has 0 saturated heterocycles. The second kappa shape index (κ2) is 11.6. The maximum atomic E-state index is 15.3. The second-order valence-corrected chi connectivity index (χ2v) is 8.83. The highest BCUT2D eigenvalue weighted by Gasteiger charge is 2.35. The fourth-order valence-electron chi connectivity index (χ4n) is 4.41. The topological polar surface area (TPSA) is 89.3 Å². The SMILES string of the molecule is COc1cccc(N(C(=O)Cn2nnc3ccccc32)[C@@H](C(=O)NCc2ccccc2)c2ccccc2F)c1. The Kier molecular flexibility index (Phi) is 7.58. The van der Waals surface area contributed by atoms with Gasteiger partial charge in [-0.2, -0.15) is 0 Å². The van der Waals surface area contributed by atoms with Gasteiger partial charge in [-0.05, 0) is 35.9 Å². The molecule has 0 aliphatic rings. The van der Waals surface area contributed by atoms with E-state index in [-0.39, 0.29) is 18.7 Å². The van der Waals surface area contributed by atoms with Gasteiger partial charge in [0.15, 0.2) is 0 Å². The number of nitrogens with one attached hydrogen (secondary N) is 1. The molecule has 0 fully saturated rings. The fraction of sp³-hybridized carbons (Fsp3) is 0.133. The lowest BCUT2D eigenvalue weighted by Gasteiger charge is -2.32. The lowest BCUT2D eigenvalue weighted by Crippen LogP contribution is -2.45. The number of ether oxygens (including phenoxy) is 1. The van der Waals surface area contributed by atoms with Gasteiger partial charge >= 0.3 is 0 Å². The maximum absolute atomic E-state index is 15.3. The van der Waals surface area contributed by atoms with Crippen LogP contribution in [0.3, 0.4) is 0 Å². The molecule has 39 heavy (non-hydrogen) atoms. The van der Waals surface area contributed by atoms with Crippen molar-refractivity contribution in [2.24, 2.45) is 0 Å². The van der Waals surface area contributed by atoms with Gasteiger partial charge in [0.2, 0.25) is 11.8 Å². The van der Waals surface area contributed by atoms with Gasteiger partial charge in [0.25, 0.3) is 0 Å². The molecule has 2 amide bonds. The van der Waals surface area contributed by atoms with E-state index in [4.69, 9.17) is 4.74 Å². The zero-order valence-electron chi connectivity index (χ0n) is 21.2. The fourth-order valence-corrected chi connectivity index (χ4v) is 4.41. The monoisotopic (exact) mass is 523 g/mol. The molecule has 0 bridgehead atoms. The maximum Gasteiger partial charge on any atom is 0.249 e. The normalized spacial score (nSPS) is 11.6. The number of amides is 2. The summed E-state index contributed by atoms with van der Waals surface area (Å²) >= 11 is 0. The first-order valence-corrected chi connectivity index (χ1v) is 12.4. The first-order valence-electron chi connectivity index (χ1n) is 12.4. The van der Waals surface area contributed by atoms with Crippen LogP contribution in [0.15, 0.2) is 103 Å². The number of anilines is 1. The van der Waals surface area contributed by atoms with E-state index in [0.29, 0.717) is 22.5 Å². The number of para-hydroxylation sites is 1. The van der Waals surface area contributed by atoms with E-state index >= 15 is 4.39 Å². The first kappa shape index (κ1) is 25.6. The van der Waals surface area contributed by atoms with Gasteiger partial charge < -0.3 is 10.1 Å². The average molecular weight is 524 g/mol. The molecule has 4 aromatic carbocycles. The Balaban J connectivity index is 1.58. The number of aromatic nitrogens is 3. The van der Waals surface area contributed by atoms with E-state index in [0.717, 1.165) is 5.56 Å². The van der Waals surface area contributed by atoms with Crippen molar-refractivity contribution in [3.63, 3.8) is 0 Å².